The fourth-order valence-corrected chi connectivity index (χ4v) is 4.01. The van der Waals surface area contributed by atoms with Crippen LogP contribution in [0, 0.1) is 6.92 Å². The fraction of sp³-hybridized carbons (Fsp3) is 0.125. The van der Waals surface area contributed by atoms with Crippen molar-refractivity contribution in [2.24, 2.45) is 0 Å². The van der Waals surface area contributed by atoms with Crippen LogP contribution in [0.3, 0.4) is 0 Å². The maximum atomic E-state index is 6.27. The number of nitrogens with zero attached hydrogens (tertiary/aromatic N) is 2. The molecule has 0 saturated carbocycles. The van der Waals surface area contributed by atoms with Gasteiger partial charge in [-0.15, -0.1) is 5.06 Å². The van der Waals surface area contributed by atoms with Crippen LogP contribution in [0.1, 0.15) is 22.7 Å². The highest BCUT2D eigenvalue weighted by atomic mass is 35.5. The SMILES string of the molecule is Cc1ccc(C2c3c(-c4ccc(Cl)cc4)nc4ccccc4c3ON2C)cc1. The number of hydrogen-bond acceptors (Lipinski definition) is 3. The predicted molar refractivity (Wildman–Crippen MR) is 114 cm³/mol. The topological polar surface area (TPSA) is 25.4 Å². The van der Waals surface area contributed by atoms with Crippen molar-refractivity contribution in [2.75, 3.05) is 7.05 Å². The van der Waals surface area contributed by atoms with E-state index in [1.54, 1.807) is 0 Å². The number of benzene rings is 3. The summed E-state index contributed by atoms with van der Waals surface area (Å²) in [5.41, 5.74) is 6.39. The Kier molecular flexibility index (Phi) is 4.08. The average molecular weight is 387 g/mol. The Morgan fingerprint density at radius 2 is 1.64 bits per heavy atom. The number of aromatic nitrogens is 1. The molecular weight excluding hydrogens is 368 g/mol. The number of fused-ring (bicyclic) bond motifs is 3. The van der Waals surface area contributed by atoms with Crippen LogP contribution in [0.25, 0.3) is 22.2 Å². The van der Waals surface area contributed by atoms with Crippen molar-refractivity contribution in [3.05, 3.63) is 94.5 Å². The molecule has 2 heterocycles. The Hall–Kier alpha value is -2.88. The van der Waals surface area contributed by atoms with Crippen molar-refractivity contribution in [1.29, 1.82) is 0 Å². The third-order valence-electron chi connectivity index (χ3n) is 5.26. The monoisotopic (exact) mass is 386 g/mol. The van der Waals surface area contributed by atoms with Crippen LogP contribution in [0.4, 0.5) is 0 Å². The van der Waals surface area contributed by atoms with E-state index < -0.39 is 0 Å². The maximum absolute atomic E-state index is 6.27. The lowest BCUT2D eigenvalue weighted by atomic mass is 9.92. The van der Waals surface area contributed by atoms with Crippen LogP contribution in [-0.4, -0.2) is 17.1 Å². The summed E-state index contributed by atoms with van der Waals surface area (Å²) in [5, 5.41) is 3.66. The molecule has 0 aliphatic carbocycles. The Bertz CT molecular complexity index is 1170. The van der Waals surface area contributed by atoms with E-state index in [1.165, 1.54) is 11.1 Å². The van der Waals surface area contributed by atoms with E-state index in [-0.39, 0.29) is 6.04 Å². The van der Waals surface area contributed by atoms with Gasteiger partial charge in [0.25, 0.3) is 0 Å². The molecule has 138 valence electrons. The molecule has 0 saturated heterocycles. The van der Waals surface area contributed by atoms with Crippen molar-refractivity contribution in [2.45, 2.75) is 13.0 Å². The summed E-state index contributed by atoms with van der Waals surface area (Å²) in [4.78, 5) is 11.3. The van der Waals surface area contributed by atoms with E-state index in [1.807, 2.05) is 54.6 Å². The molecule has 3 nitrogen and oxygen atoms in total. The minimum absolute atomic E-state index is 0.0293. The van der Waals surface area contributed by atoms with Crippen LogP contribution < -0.4 is 4.84 Å². The van der Waals surface area contributed by atoms with E-state index in [4.69, 9.17) is 21.4 Å². The summed E-state index contributed by atoms with van der Waals surface area (Å²) in [6.07, 6.45) is 0. The summed E-state index contributed by atoms with van der Waals surface area (Å²) < 4.78 is 0. The molecule has 4 aromatic rings. The Labute approximate surface area is 169 Å². The van der Waals surface area contributed by atoms with E-state index >= 15 is 0 Å². The quantitative estimate of drug-likeness (QED) is 0.410. The lowest BCUT2D eigenvalue weighted by Crippen LogP contribution is -2.22. The molecule has 3 aromatic carbocycles. The molecule has 0 spiro atoms. The maximum Gasteiger partial charge on any atom is 0.164 e. The molecule has 0 radical (unpaired) electrons. The standard InChI is InChI=1S/C24H19ClN2O/c1-15-7-9-17(10-8-15)23-21-22(16-11-13-18(25)14-12-16)26-20-6-4-3-5-19(20)24(21)28-27(23)2/h3-14,23H,1-2H3. The molecule has 1 unspecified atom stereocenters. The second kappa shape index (κ2) is 6.62. The highest BCUT2D eigenvalue weighted by molar-refractivity contribution is 6.30. The van der Waals surface area contributed by atoms with E-state index in [0.717, 1.165) is 33.5 Å². The fourth-order valence-electron chi connectivity index (χ4n) is 3.88. The summed E-state index contributed by atoms with van der Waals surface area (Å²) >= 11 is 6.12. The second-order valence-corrected chi connectivity index (χ2v) is 7.61. The third kappa shape index (κ3) is 2.75. The summed E-state index contributed by atoms with van der Waals surface area (Å²) in [7, 11) is 1.98. The number of rotatable bonds is 2. The minimum atomic E-state index is -0.0293. The average Bonchev–Trinajstić information content (AvgIpc) is 3.06. The molecule has 1 atom stereocenters. The van der Waals surface area contributed by atoms with Crippen LogP contribution in [0.2, 0.25) is 5.02 Å². The predicted octanol–water partition coefficient (Wildman–Crippen LogP) is 6.19. The highest BCUT2D eigenvalue weighted by Gasteiger charge is 2.36. The minimum Gasteiger partial charge on any atom is -0.404 e. The van der Waals surface area contributed by atoms with Gasteiger partial charge in [-0.3, -0.25) is 0 Å². The van der Waals surface area contributed by atoms with Gasteiger partial charge in [-0.2, -0.15) is 0 Å². The van der Waals surface area contributed by atoms with Crippen molar-refractivity contribution in [1.82, 2.24) is 10.0 Å². The third-order valence-corrected chi connectivity index (χ3v) is 5.52. The molecule has 1 aromatic heterocycles. The van der Waals surface area contributed by atoms with Crippen LogP contribution >= 0.6 is 11.6 Å². The van der Waals surface area contributed by atoms with Crippen molar-refractivity contribution >= 4 is 22.5 Å². The van der Waals surface area contributed by atoms with Gasteiger partial charge in [0.1, 0.15) is 6.04 Å². The largest absolute Gasteiger partial charge is 0.404 e. The zero-order chi connectivity index (χ0) is 19.3. The summed E-state index contributed by atoms with van der Waals surface area (Å²) in [6.45, 7) is 2.10. The molecule has 28 heavy (non-hydrogen) atoms. The van der Waals surface area contributed by atoms with Crippen molar-refractivity contribution < 1.29 is 4.84 Å². The molecule has 0 N–H and O–H groups in total. The zero-order valence-electron chi connectivity index (χ0n) is 15.7. The first-order chi connectivity index (χ1) is 13.6. The zero-order valence-corrected chi connectivity index (χ0v) is 16.4. The van der Waals surface area contributed by atoms with Crippen LogP contribution in [-0.2, 0) is 0 Å². The smallest absolute Gasteiger partial charge is 0.164 e. The van der Waals surface area contributed by atoms with Gasteiger partial charge in [0.15, 0.2) is 5.75 Å². The molecule has 0 amide bonds. The molecule has 0 fully saturated rings. The van der Waals surface area contributed by atoms with Crippen molar-refractivity contribution in [3.8, 4) is 17.0 Å². The Morgan fingerprint density at radius 1 is 0.929 bits per heavy atom. The molecule has 4 heteroatoms. The first-order valence-corrected chi connectivity index (χ1v) is 9.65. The van der Waals surface area contributed by atoms with Gasteiger partial charge in [0.05, 0.1) is 11.2 Å². The van der Waals surface area contributed by atoms with Gasteiger partial charge in [-0.25, -0.2) is 4.98 Å². The molecule has 5 rings (SSSR count). The summed E-state index contributed by atoms with van der Waals surface area (Å²) in [6, 6.07) is 24.5. The van der Waals surface area contributed by atoms with E-state index in [9.17, 15) is 0 Å². The van der Waals surface area contributed by atoms with Crippen molar-refractivity contribution in [3.63, 3.8) is 0 Å². The first kappa shape index (κ1) is 17.2. The molecule has 0 bridgehead atoms. The normalized spacial score (nSPS) is 16.2. The second-order valence-electron chi connectivity index (χ2n) is 7.18. The number of halogens is 1. The van der Waals surface area contributed by atoms with Gasteiger partial charge >= 0.3 is 0 Å². The number of hydrogen-bond donors (Lipinski definition) is 0. The Balaban J connectivity index is 1.81. The Morgan fingerprint density at radius 3 is 2.39 bits per heavy atom. The van der Waals surface area contributed by atoms with Gasteiger partial charge < -0.3 is 4.84 Å². The van der Waals surface area contributed by atoms with Gasteiger partial charge in [0, 0.05) is 28.6 Å². The highest BCUT2D eigenvalue weighted by Crippen LogP contribution is 2.48. The van der Waals surface area contributed by atoms with Gasteiger partial charge in [-0.05, 0) is 36.8 Å². The van der Waals surface area contributed by atoms with Gasteiger partial charge in [0.2, 0.25) is 0 Å². The summed E-state index contributed by atoms with van der Waals surface area (Å²) in [5.74, 6) is 0.878. The first-order valence-electron chi connectivity index (χ1n) is 9.28. The van der Waals surface area contributed by atoms with Crippen LogP contribution in [0.5, 0.6) is 5.75 Å². The number of para-hydroxylation sites is 1. The van der Waals surface area contributed by atoms with Gasteiger partial charge in [-0.1, -0.05) is 65.7 Å². The van der Waals surface area contributed by atoms with E-state index in [2.05, 4.69) is 37.3 Å². The lowest BCUT2D eigenvalue weighted by molar-refractivity contribution is -0.0302. The number of aryl methyl sites for hydroxylation is 1. The number of pyridine rings is 1. The van der Waals surface area contributed by atoms with E-state index in [0.29, 0.717) is 5.02 Å². The molecular formula is C24H19ClN2O. The molecule has 1 aliphatic heterocycles. The lowest BCUT2D eigenvalue weighted by Gasteiger charge is -2.19. The molecule has 1 aliphatic rings. The number of hydroxylamine groups is 2. The van der Waals surface area contributed by atoms with Crippen LogP contribution in [0.15, 0.2) is 72.8 Å².